The van der Waals surface area contributed by atoms with Crippen LogP contribution in [0, 0.1) is 0 Å². The molecular weight excluding hydrogens is 250 g/mol. The first-order valence-electron chi connectivity index (χ1n) is 6.11. The molecule has 1 N–H and O–H groups in total. The Morgan fingerprint density at radius 3 is 2.95 bits per heavy atom. The number of nitrogens with zero attached hydrogens (tertiary/aromatic N) is 1. The normalized spacial score (nSPS) is 20.6. The number of fused-ring (bicyclic) bond motifs is 1. The average molecular weight is 263 g/mol. The molecule has 0 spiro atoms. The second-order valence-electron chi connectivity index (χ2n) is 4.53. The predicted octanol–water partition coefficient (Wildman–Crippen LogP) is 1.10. The second kappa shape index (κ2) is 4.46. The number of likely N-dealkylation sites (tertiary alicyclic amines) is 1. The van der Waals surface area contributed by atoms with Gasteiger partial charge in [0.25, 0.3) is 5.91 Å². The molecule has 1 aromatic rings. The Morgan fingerprint density at radius 1 is 1.32 bits per heavy atom. The summed E-state index contributed by atoms with van der Waals surface area (Å²) in [4.78, 5) is 25.0. The molecule has 6 heteroatoms. The van der Waals surface area contributed by atoms with E-state index >= 15 is 0 Å². The first kappa shape index (κ1) is 11.8. The van der Waals surface area contributed by atoms with E-state index in [1.54, 1.807) is 18.2 Å². The van der Waals surface area contributed by atoms with Crippen LogP contribution in [0.3, 0.4) is 0 Å². The fourth-order valence-electron chi connectivity index (χ4n) is 2.52. The second-order valence-corrected chi connectivity index (χ2v) is 4.53. The number of carboxylic acids is 1. The van der Waals surface area contributed by atoms with Gasteiger partial charge < -0.3 is 19.5 Å². The monoisotopic (exact) mass is 263 g/mol. The van der Waals surface area contributed by atoms with Crippen LogP contribution < -0.4 is 9.47 Å². The lowest BCUT2D eigenvalue weighted by molar-refractivity contribution is -0.141. The van der Waals surface area contributed by atoms with Gasteiger partial charge in [0.15, 0.2) is 11.5 Å². The molecule has 0 saturated carbocycles. The zero-order chi connectivity index (χ0) is 13.4. The van der Waals surface area contributed by atoms with Crippen LogP contribution in [0.2, 0.25) is 0 Å². The van der Waals surface area contributed by atoms with Crippen molar-refractivity contribution in [3.63, 3.8) is 0 Å². The van der Waals surface area contributed by atoms with Gasteiger partial charge in [-0.3, -0.25) is 4.79 Å². The van der Waals surface area contributed by atoms with E-state index in [1.165, 1.54) is 4.90 Å². The smallest absolute Gasteiger partial charge is 0.326 e. The van der Waals surface area contributed by atoms with E-state index in [2.05, 4.69) is 0 Å². The van der Waals surface area contributed by atoms with Gasteiger partial charge >= 0.3 is 5.97 Å². The summed E-state index contributed by atoms with van der Waals surface area (Å²) >= 11 is 0. The van der Waals surface area contributed by atoms with Crippen molar-refractivity contribution in [3.05, 3.63) is 23.8 Å². The van der Waals surface area contributed by atoms with Crippen molar-refractivity contribution in [1.82, 2.24) is 4.90 Å². The van der Waals surface area contributed by atoms with Crippen LogP contribution in [0.4, 0.5) is 0 Å². The lowest BCUT2D eigenvalue weighted by Gasteiger charge is -2.21. The Kier molecular flexibility index (Phi) is 2.77. The van der Waals surface area contributed by atoms with Crippen LogP contribution in [0.15, 0.2) is 18.2 Å². The van der Waals surface area contributed by atoms with E-state index in [4.69, 9.17) is 14.6 Å². The SMILES string of the molecule is O=C(O)[C@H]1CCCN1C(=O)c1cccc2c1OCO2. The van der Waals surface area contributed by atoms with Crippen LogP contribution in [-0.2, 0) is 4.79 Å². The van der Waals surface area contributed by atoms with Crippen molar-refractivity contribution in [2.24, 2.45) is 0 Å². The molecule has 1 fully saturated rings. The Hall–Kier alpha value is -2.24. The number of aliphatic carboxylic acids is 1. The largest absolute Gasteiger partial charge is 0.480 e. The number of carboxylic acid groups (broad SMARTS) is 1. The van der Waals surface area contributed by atoms with Crippen molar-refractivity contribution < 1.29 is 24.2 Å². The van der Waals surface area contributed by atoms with Crippen molar-refractivity contribution >= 4 is 11.9 Å². The number of amides is 1. The molecule has 19 heavy (non-hydrogen) atoms. The number of ether oxygens (including phenoxy) is 2. The van der Waals surface area contributed by atoms with E-state index in [0.29, 0.717) is 36.4 Å². The number of rotatable bonds is 2. The summed E-state index contributed by atoms with van der Waals surface area (Å²) < 4.78 is 10.5. The number of hydrogen-bond donors (Lipinski definition) is 1. The number of carbonyl (C=O) groups excluding carboxylic acids is 1. The molecule has 0 bridgehead atoms. The van der Waals surface area contributed by atoms with Gasteiger partial charge in [0, 0.05) is 6.54 Å². The van der Waals surface area contributed by atoms with Crippen molar-refractivity contribution in [2.45, 2.75) is 18.9 Å². The maximum Gasteiger partial charge on any atom is 0.326 e. The Labute approximate surface area is 109 Å². The van der Waals surface area contributed by atoms with E-state index in [1.807, 2.05) is 0 Å². The van der Waals surface area contributed by atoms with E-state index in [-0.39, 0.29) is 12.7 Å². The summed E-state index contributed by atoms with van der Waals surface area (Å²) in [6.45, 7) is 0.544. The molecule has 0 aromatic heterocycles. The number of hydrogen-bond acceptors (Lipinski definition) is 4. The molecule has 3 rings (SSSR count). The van der Waals surface area contributed by atoms with Crippen LogP contribution in [0.1, 0.15) is 23.2 Å². The summed E-state index contributed by atoms with van der Waals surface area (Å²) in [5.74, 6) is -0.344. The topological polar surface area (TPSA) is 76.1 Å². The molecule has 1 saturated heterocycles. The van der Waals surface area contributed by atoms with Gasteiger partial charge in [-0.2, -0.15) is 0 Å². The highest BCUT2D eigenvalue weighted by molar-refractivity contribution is 6.00. The summed E-state index contributed by atoms with van der Waals surface area (Å²) in [6, 6.07) is 4.31. The predicted molar refractivity (Wildman–Crippen MR) is 64.3 cm³/mol. The van der Waals surface area contributed by atoms with E-state index in [9.17, 15) is 9.59 Å². The molecule has 1 atom stereocenters. The summed E-state index contributed by atoms with van der Waals surface area (Å²) in [6.07, 6.45) is 1.20. The standard InChI is InChI=1S/C13H13NO5/c15-12(14-6-2-4-9(14)13(16)17)8-3-1-5-10-11(8)19-7-18-10/h1,3,5,9H,2,4,6-7H2,(H,16,17)/t9-/m1/s1. The molecule has 0 aliphatic carbocycles. The maximum absolute atomic E-state index is 12.4. The maximum atomic E-state index is 12.4. The Balaban J connectivity index is 1.92. The molecule has 2 aliphatic heterocycles. The molecule has 2 heterocycles. The fourth-order valence-corrected chi connectivity index (χ4v) is 2.52. The summed E-state index contributed by atoms with van der Waals surface area (Å²) in [5.41, 5.74) is 0.364. The fraction of sp³-hybridized carbons (Fsp3) is 0.385. The number of benzene rings is 1. The molecular formula is C13H13NO5. The summed E-state index contributed by atoms with van der Waals surface area (Å²) in [7, 11) is 0. The average Bonchev–Trinajstić information content (AvgIpc) is 3.05. The van der Waals surface area contributed by atoms with Gasteiger partial charge in [0.2, 0.25) is 6.79 Å². The molecule has 1 aromatic carbocycles. The quantitative estimate of drug-likeness (QED) is 0.864. The minimum absolute atomic E-state index is 0.0853. The first-order valence-corrected chi connectivity index (χ1v) is 6.11. The van der Waals surface area contributed by atoms with Gasteiger partial charge in [0.05, 0.1) is 5.56 Å². The lowest BCUT2D eigenvalue weighted by atomic mass is 10.1. The van der Waals surface area contributed by atoms with Crippen molar-refractivity contribution in [2.75, 3.05) is 13.3 Å². The van der Waals surface area contributed by atoms with E-state index in [0.717, 1.165) is 0 Å². The van der Waals surface area contributed by atoms with Gasteiger partial charge in [-0.15, -0.1) is 0 Å². The molecule has 0 radical (unpaired) electrons. The summed E-state index contributed by atoms with van der Waals surface area (Å²) in [5, 5.41) is 9.12. The molecule has 100 valence electrons. The number of para-hydroxylation sites is 1. The van der Waals surface area contributed by atoms with Crippen molar-refractivity contribution in [3.8, 4) is 11.5 Å². The minimum atomic E-state index is -0.962. The van der Waals surface area contributed by atoms with Crippen LogP contribution >= 0.6 is 0 Å². The molecule has 2 aliphatic rings. The number of carbonyl (C=O) groups is 2. The van der Waals surface area contributed by atoms with Gasteiger partial charge in [0.1, 0.15) is 6.04 Å². The molecule has 1 amide bonds. The Bertz CT molecular complexity index is 542. The minimum Gasteiger partial charge on any atom is -0.480 e. The van der Waals surface area contributed by atoms with Crippen LogP contribution in [0.5, 0.6) is 11.5 Å². The highest BCUT2D eigenvalue weighted by atomic mass is 16.7. The zero-order valence-corrected chi connectivity index (χ0v) is 10.2. The molecule has 6 nitrogen and oxygen atoms in total. The third-order valence-electron chi connectivity index (χ3n) is 3.43. The van der Waals surface area contributed by atoms with Gasteiger partial charge in [-0.25, -0.2) is 4.79 Å². The zero-order valence-electron chi connectivity index (χ0n) is 10.2. The highest BCUT2D eigenvalue weighted by Gasteiger charge is 2.36. The van der Waals surface area contributed by atoms with E-state index < -0.39 is 12.0 Å². The van der Waals surface area contributed by atoms with Crippen LogP contribution in [-0.4, -0.2) is 41.3 Å². The lowest BCUT2D eigenvalue weighted by Crippen LogP contribution is -2.40. The van der Waals surface area contributed by atoms with Gasteiger partial charge in [-0.1, -0.05) is 6.07 Å². The third-order valence-corrected chi connectivity index (χ3v) is 3.43. The third kappa shape index (κ3) is 1.89. The van der Waals surface area contributed by atoms with Crippen molar-refractivity contribution in [1.29, 1.82) is 0 Å². The first-order chi connectivity index (χ1) is 9.18. The molecule has 0 unspecified atom stereocenters. The highest BCUT2D eigenvalue weighted by Crippen LogP contribution is 2.36. The Morgan fingerprint density at radius 2 is 2.16 bits per heavy atom. The van der Waals surface area contributed by atoms with Gasteiger partial charge in [-0.05, 0) is 25.0 Å². The van der Waals surface area contributed by atoms with Crippen LogP contribution in [0.25, 0.3) is 0 Å².